The minimum atomic E-state index is -0.878. The first-order chi connectivity index (χ1) is 11.9. The Morgan fingerprint density at radius 1 is 1.32 bits per heavy atom. The number of morpholine rings is 1. The maximum atomic E-state index is 13.0. The van der Waals surface area contributed by atoms with Crippen LogP contribution in [0.2, 0.25) is 0 Å². The second-order valence-corrected chi connectivity index (χ2v) is 6.66. The summed E-state index contributed by atoms with van der Waals surface area (Å²) in [4.78, 5) is 38.9. The van der Waals surface area contributed by atoms with Crippen LogP contribution >= 0.6 is 0 Å². The van der Waals surface area contributed by atoms with Crippen LogP contribution in [0.25, 0.3) is 0 Å². The van der Waals surface area contributed by atoms with Gasteiger partial charge < -0.3 is 18.8 Å². The predicted octanol–water partition coefficient (Wildman–Crippen LogP) is 1.62. The molecule has 1 aliphatic carbocycles. The third-order valence-electron chi connectivity index (χ3n) is 5.09. The van der Waals surface area contributed by atoms with E-state index in [0.29, 0.717) is 17.9 Å². The Balaban J connectivity index is 1.93. The van der Waals surface area contributed by atoms with Crippen LogP contribution in [0, 0.1) is 6.92 Å². The number of hydrogen-bond donors (Lipinski definition) is 0. The highest BCUT2D eigenvalue weighted by atomic mass is 16.5. The lowest BCUT2D eigenvalue weighted by atomic mass is 9.83. The SMILES string of the molecule is COC(=O)[C@@H]1[C@@H](C)OCCN1C(=O)c1c(C)cc(C2CCC2)oc1=O. The van der Waals surface area contributed by atoms with Crippen LogP contribution in [0.5, 0.6) is 0 Å². The maximum absolute atomic E-state index is 13.0. The molecule has 136 valence electrons. The first-order valence-electron chi connectivity index (χ1n) is 8.59. The lowest BCUT2D eigenvalue weighted by Crippen LogP contribution is -2.57. The number of aryl methyl sites for hydroxylation is 1. The Kier molecular flexibility index (Phi) is 4.94. The molecule has 1 aliphatic heterocycles. The van der Waals surface area contributed by atoms with Crippen molar-refractivity contribution in [2.75, 3.05) is 20.3 Å². The fraction of sp³-hybridized carbons (Fsp3) is 0.611. The van der Waals surface area contributed by atoms with Crippen molar-refractivity contribution in [2.24, 2.45) is 0 Å². The number of rotatable bonds is 3. The van der Waals surface area contributed by atoms with E-state index in [0.717, 1.165) is 19.3 Å². The number of nitrogens with zero attached hydrogens (tertiary/aromatic N) is 1. The fourth-order valence-corrected chi connectivity index (χ4v) is 3.42. The van der Waals surface area contributed by atoms with Crippen molar-refractivity contribution in [3.8, 4) is 0 Å². The number of amides is 1. The molecule has 2 heterocycles. The van der Waals surface area contributed by atoms with E-state index in [-0.39, 0.29) is 18.0 Å². The van der Waals surface area contributed by atoms with E-state index in [1.54, 1.807) is 19.9 Å². The molecule has 1 aromatic rings. The number of carbonyl (C=O) groups is 2. The molecule has 2 atom stereocenters. The smallest absolute Gasteiger partial charge is 0.349 e. The molecule has 0 spiro atoms. The highest BCUT2D eigenvalue weighted by Crippen LogP contribution is 2.36. The number of esters is 1. The van der Waals surface area contributed by atoms with Crippen molar-refractivity contribution in [3.63, 3.8) is 0 Å². The molecular weight excluding hydrogens is 326 g/mol. The summed E-state index contributed by atoms with van der Waals surface area (Å²) >= 11 is 0. The molecule has 1 saturated carbocycles. The Labute approximate surface area is 145 Å². The van der Waals surface area contributed by atoms with Crippen LogP contribution < -0.4 is 5.63 Å². The lowest BCUT2D eigenvalue weighted by molar-refractivity contribution is -0.156. The average molecular weight is 349 g/mol. The summed E-state index contributed by atoms with van der Waals surface area (Å²) in [6.45, 7) is 3.94. The third kappa shape index (κ3) is 3.20. The van der Waals surface area contributed by atoms with Gasteiger partial charge >= 0.3 is 11.6 Å². The Morgan fingerprint density at radius 3 is 2.60 bits per heavy atom. The Morgan fingerprint density at radius 2 is 2.04 bits per heavy atom. The second kappa shape index (κ2) is 7.00. The molecule has 7 heteroatoms. The molecule has 3 rings (SSSR count). The van der Waals surface area contributed by atoms with Crippen molar-refractivity contribution in [3.05, 3.63) is 33.4 Å². The number of carbonyl (C=O) groups excluding carboxylic acids is 2. The Hall–Kier alpha value is -2.15. The molecule has 0 bridgehead atoms. The minimum absolute atomic E-state index is 0.0222. The third-order valence-corrected chi connectivity index (χ3v) is 5.09. The van der Waals surface area contributed by atoms with Gasteiger partial charge in [-0.15, -0.1) is 0 Å². The van der Waals surface area contributed by atoms with Crippen LogP contribution in [0.15, 0.2) is 15.3 Å². The van der Waals surface area contributed by atoms with Crippen LogP contribution in [-0.2, 0) is 14.3 Å². The molecule has 0 aromatic carbocycles. The van der Waals surface area contributed by atoms with Crippen molar-refractivity contribution in [1.82, 2.24) is 4.90 Å². The summed E-state index contributed by atoms with van der Waals surface area (Å²) in [5, 5.41) is 0. The zero-order valence-corrected chi connectivity index (χ0v) is 14.7. The predicted molar refractivity (Wildman–Crippen MR) is 88.6 cm³/mol. The first-order valence-corrected chi connectivity index (χ1v) is 8.59. The van der Waals surface area contributed by atoms with Crippen molar-refractivity contribution in [2.45, 2.75) is 51.2 Å². The van der Waals surface area contributed by atoms with E-state index in [1.807, 2.05) is 0 Å². The van der Waals surface area contributed by atoms with E-state index < -0.39 is 29.6 Å². The van der Waals surface area contributed by atoms with E-state index >= 15 is 0 Å². The largest absolute Gasteiger partial charge is 0.467 e. The molecule has 25 heavy (non-hydrogen) atoms. The quantitative estimate of drug-likeness (QED) is 0.771. The number of hydrogen-bond acceptors (Lipinski definition) is 6. The summed E-state index contributed by atoms with van der Waals surface area (Å²) < 4.78 is 15.7. The normalized spacial score (nSPS) is 23.9. The van der Waals surface area contributed by atoms with Crippen LogP contribution in [-0.4, -0.2) is 49.2 Å². The van der Waals surface area contributed by atoms with Gasteiger partial charge in [0, 0.05) is 12.5 Å². The molecule has 2 fully saturated rings. The molecule has 0 radical (unpaired) electrons. The van der Waals surface area contributed by atoms with Gasteiger partial charge in [-0.1, -0.05) is 6.42 Å². The molecule has 1 amide bonds. The molecular formula is C18H23NO6. The highest BCUT2D eigenvalue weighted by Gasteiger charge is 2.40. The zero-order chi connectivity index (χ0) is 18.1. The van der Waals surface area contributed by atoms with Gasteiger partial charge in [-0.2, -0.15) is 0 Å². The monoisotopic (exact) mass is 349 g/mol. The van der Waals surface area contributed by atoms with Gasteiger partial charge in [0.15, 0.2) is 6.04 Å². The molecule has 2 aliphatic rings. The summed E-state index contributed by atoms with van der Waals surface area (Å²) in [6.07, 6.45) is 2.62. The molecule has 1 saturated heterocycles. The summed E-state index contributed by atoms with van der Waals surface area (Å²) in [6, 6.07) is 0.895. The van der Waals surface area contributed by atoms with Gasteiger partial charge in [0.25, 0.3) is 5.91 Å². The van der Waals surface area contributed by atoms with Crippen molar-refractivity contribution >= 4 is 11.9 Å². The topological polar surface area (TPSA) is 86.1 Å². The van der Waals surface area contributed by atoms with Gasteiger partial charge in [-0.05, 0) is 38.3 Å². The lowest BCUT2D eigenvalue weighted by Gasteiger charge is -2.37. The van der Waals surface area contributed by atoms with Crippen LogP contribution in [0.4, 0.5) is 0 Å². The molecule has 1 aromatic heterocycles. The number of methoxy groups -OCH3 is 1. The van der Waals surface area contributed by atoms with Gasteiger partial charge in [-0.25, -0.2) is 9.59 Å². The van der Waals surface area contributed by atoms with E-state index in [1.165, 1.54) is 12.0 Å². The van der Waals surface area contributed by atoms with E-state index in [4.69, 9.17) is 13.9 Å². The van der Waals surface area contributed by atoms with E-state index in [2.05, 4.69) is 0 Å². The van der Waals surface area contributed by atoms with Gasteiger partial charge in [0.1, 0.15) is 11.3 Å². The second-order valence-electron chi connectivity index (χ2n) is 6.66. The first kappa shape index (κ1) is 17.7. The summed E-state index contributed by atoms with van der Waals surface area (Å²) in [5.74, 6) is -0.169. The van der Waals surface area contributed by atoms with Gasteiger partial charge in [0.2, 0.25) is 0 Å². The van der Waals surface area contributed by atoms with Crippen LogP contribution in [0.1, 0.15) is 53.8 Å². The zero-order valence-electron chi connectivity index (χ0n) is 14.7. The molecule has 0 unspecified atom stereocenters. The van der Waals surface area contributed by atoms with Gasteiger partial charge in [0.05, 0.1) is 19.8 Å². The van der Waals surface area contributed by atoms with Crippen molar-refractivity contribution in [1.29, 1.82) is 0 Å². The maximum Gasteiger partial charge on any atom is 0.349 e. The number of ether oxygens (including phenoxy) is 2. The molecule has 0 N–H and O–H groups in total. The van der Waals surface area contributed by atoms with Gasteiger partial charge in [-0.3, -0.25) is 4.79 Å². The van der Waals surface area contributed by atoms with E-state index in [9.17, 15) is 14.4 Å². The summed E-state index contributed by atoms with van der Waals surface area (Å²) in [7, 11) is 1.26. The standard InChI is InChI=1S/C18H23NO6/c1-10-9-13(12-5-4-6-12)25-17(21)14(10)16(20)19-7-8-24-11(2)15(19)18(22)23-3/h9,11-12,15H,4-8H2,1-3H3/t11-,15+/m1/s1. The molecule has 7 nitrogen and oxygen atoms in total. The minimum Gasteiger partial charge on any atom is -0.467 e. The summed E-state index contributed by atoms with van der Waals surface area (Å²) in [5.41, 5.74) is -0.0911. The highest BCUT2D eigenvalue weighted by molar-refractivity contribution is 5.97. The average Bonchev–Trinajstić information content (AvgIpc) is 2.51. The van der Waals surface area contributed by atoms with Crippen molar-refractivity contribution < 1.29 is 23.5 Å². The Bertz CT molecular complexity index is 736. The fourth-order valence-electron chi connectivity index (χ4n) is 3.42. The van der Waals surface area contributed by atoms with Crippen LogP contribution in [0.3, 0.4) is 0 Å².